The second kappa shape index (κ2) is 6.95. The van der Waals surface area contributed by atoms with E-state index in [4.69, 9.17) is 17.3 Å². The largest absolute Gasteiger partial charge is 0.368 e. The number of primary amides is 1. The van der Waals surface area contributed by atoms with Gasteiger partial charge in [-0.15, -0.1) is 0 Å². The number of carbonyl (C=O) groups is 1. The molecule has 0 saturated carbocycles. The molecule has 0 aliphatic carbocycles. The van der Waals surface area contributed by atoms with E-state index in [-0.39, 0.29) is 18.0 Å². The molecule has 1 aromatic carbocycles. The molecule has 0 spiro atoms. The molecule has 0 radical (unpaired) electrons. The molecule has 1 rings (SSSR count). The summed E-state index contributed by atoms with van der Waals surface area (Å²) < 4.78 is 0. The fourth-order valence-electron chi connectivity index (χ4n) is 1.84. The number of rotatable bonds is 6. The number of hydrogen-bond acceptors (Lipinski definition) is 3. The van der Waals surface area contributed by atoms with Gasteiger partial charge in [0.25, 0.3) is 0 Å². The molecule has 0 fully saturated rings. The number of nitrogens with zero attached hydrogens (tertiary/aromatic N) is 1. The van der Waals surface area contributed by atoms with Gasteiger partial charge in [-0.3, -0.25) is 4.79 Å². The Balaban J connectivity index is 2.84. The average Bonchev–Trinajstić information content (AvgIpc) is 2.33. The standard InChI is InChI=1S/C15H24ClN3O/c1-5-19(10-14(17)20)13-7-6-11(8-12(13)16)9-18-15(2,3)4/h6-8,18H,5,9-10H2,1-4H3,(H2,17,20). The van der Waals surface area contributed by atoms with Gasteiger partial charge in [-0.25, -0.2) is 0 Å². The number of nitrogens with one attached hydrogen (secondary N) is 1. The van der Waals surface area contributed by atoms with E-state index >= 15 is 0 Å². The minimum absolute atomic E-state index is 0.0621. The maximum Gasteiger partial charge on any atom is 0.236 e. The molecule has 0 unspecified atom stereocenters. The second-order valence-electron chi connectivity index (χ2n) is 5.87. The van der Waals surface area contributed by atoms with Crippen molar-refractivity contribution in [3.8, 4) is 0 Å². The van der Waals surface area contributed by atoms with Crippen LogP contribution in [0.25, 0.3) is 0 Å². The Kier molecular flexibility index (Phi) is 5.84. The van der Waals surface area contributed by atoms with Crippen molar-refractivity contribution < 1.29 is 4.79 Å². The van der Waals surface area contributed by atoms with Crippen molar-refractivity contribution in [2.75, 3.05) is 18.0 Å². The zero-order chi connectivity index (χ0) is 15.3. The molecule has 3 N–H and O–H groups in total. The summed E-state index contributed by atoms with van der Waals surface area (Å²) in [5, 5.41) is 4.05. The first-order valence-corrected chi connectivity index (χ1v) is 7.17. The van der Waals surface area contributed by atoms with Crippen molar-refractivity contribution in [1.29, 1.82) is 0 Å². The van der Waals surface area contributed by atoms with Crippen molar-refractivity contribution in [2.45, 2.75) is 39.8 Å². The Morgan fingerprint density at radius 2 is 2.05 bits per heavy atom. The van der Waals surface area contributed by atoms with E-state index in [1.807, 2.05) is 30.0 Å². The Hall–Kier alpha value is -1.26. The van der Waals surface area contributed by atoms with Gasteiger partial charge in [-0.1, -0.05) is 17.7 Å². The van der Waals surface area contributed by atoms with Crippen LogP contribution in [0.3, 0.4) is 0 Å². The zero-order valence-corrected chi connectivity index (χ0v) is 13.4. The van der Waals surface area contributed by atoms with Crippen LogP contribution in [0.2, 0.25) is 5.02 Å². The summed E-state index contributed by atoms with van der Waals surface area (Å²) in [6.07, 6.45) is 0. The molecule has 20 heavy (non-hydrogen) atoms. The van der Waals surface area contributed by atoms with Gasteiger partial charge in [0.1, 0.15) is 0 Å². The van der Waals surface area contributed by atoms with Crippen LogP contribution in [-0.4, -0.2) is 24.5 Å². The highest BCUT2D eigenvalue weighted by atomic mass is 35.5. The molecule has 1 aromatic rings. The molecule has 0 saturated heterocycles. The minimum atomic E-state index is -0.360. The van der Waals surface area contributed by atoms with Crippen molar-refractivity contribution in [1.82, 2.24) is 5.32 Å². The smallest absolute Gasteiger partial charge is 0.236 e. The van der Waals surface area contributed by atoms with Crippen molar-refractivity contribution >= 4 is 23.2 Å². The molecule has 5 heteroatoms. The van der Waals surface area contributed by atoms with E-state index in [1.54, 1.807) is 0 Å². The monoisotopic (exact) mass is 297 g/mol. The molecule has 0 atom stereocenters. The number of nitrogens with two attached hydrogens (primary N) is 1. The van der Waals surface area contributed by atoms with Gasteiger partial charge >= 0.3 is 0 Å². The molecule has 0 aliphatic heterocycles. The minimum Gasteiger partial charge on any atom is -0.368 e. The number of halogens is 1. The summed E-state index contributed by atoms with van der Waals surface area (Å²) in [5.74, 6) is -0.360. The van der Waals surface area contributed by atoms with E-state index in [1.165, 1.54) is 0 Å². The molecule has 112 valence electrons. The van der Waals surface area contributed by atoms with E-state index in [0.29, 0.717) is 11.6 Å². The van der Waals surface area contributed by atoms with E-state index in [9.17, 15) is 4.79 Å². The lowest BCUT2D eigenvalue weighted by atomic mass is 10.1. The Morgan fingerprint density at radius 3 is 2.50 bits per heavy atom. The second-order valence-corrected chi connectivity index (χ2v) is 6.28. The molecule has 4 nitrogen and oxygen atoms in total. The molecule has 1 amide bonds. The Labute approximate surface area is 126 Å². The summed E-state index contributed by atoms with van der Waals surface area (Å²) in [6, 6.07) is 5.89. The lowest BCUT2D eigenvalue weighted by Crippen LogP contribution is -2.35. The topological polar surface area (TPSA) is 58.4 Å². The van der Waals surface area contributed by atoms with Gasteiger partial charge in [0.05, 0.1) is 17.3 Å². The number of benzene rings is 1. The molecular formula is C15H24ClN3O. The summed E-state index contributed by atoms with van der Waals surface area (Å²) in [4.78, 5) is 12.9. The summed E-state index contributed by atoms with van der Waals surface area (Å²) in [5.41, 5.74) is 7.27. The fourth-order valence-corrected chi connectivity index (χ4v) is 2.16. The number of anilines is 1. The third kappa shape index (κ3) is 5.39. The predicted molar refractivity (Wildman–Crippen MR) is 85.1 cm³/mol. The SMILES string of the molecule is CCN(CC(N)=O)c1ccc(CNC(C)(C)C)cc1Cl. The maximum absolute atomic E-state index is 11.1. The van der Waals surface area contributed by atoms with Gasteiger partial charge in [-0.05, 0) is 45.4 Å². The number of hydrogen-bond donors (Lipinski definition) is 2. The van der Waals surface area contributed by atoms with Crippen LogP contribution < -0.4 is 16.0 Å². The highest BCUT2D eigenvalue weighted by Crippen LogP contribution is 2.27. The maximum atomic E-state index is 11.1. The van der Waals surface area contributed by atoms with Crippen LogP contribution in [0.5, 0.6) is 0 Å². The van der Waals surface area contributed by atoms with Gasteiger partial charge in [-0.2, -0.15) is 0 Å². The normalized spacial score (nSPS) is 11.4. The summed E-state index contributed by atoms with van der Waals surface area (Å²) >= 11 is 6.31. The highest BCUT2D eigenvalue weighted by molar-refractivity contribution is 6.33. The molecular weight excluding hydrogens is 274 g/mol. The van der Waals surface area contributed by atoms with Crippen molar-refractivity contribution in [2.24, 2.45) is 5.73 Å². The lowest BCUT2D eigenvalue weighted by molar-refractivity contribution is -0.116. The number of amides is 1. The van der Waals surface area contributed by atoms with Crippen LogP contribution in [0.15, 0.2) is 18.2 Å². The van der Waals surface area contributed by atoms with Gasteiger partial charge < -0.3 is 16.0 Å². The van der Waals surface area contributed by atoms with Crippen molar-refractivity contribution in [3.05, 3.63) is 28.8 Å². The predicted octanol–water partition coefficient (Wildman–Crippen LogP) is 2.54. The Bertz CT molecular complexity index is 469. The van der Waals surface area contributed by atoms with Crippen LogP contribution in [0.1, 0.15) is 33.3 Å². The first-order valence-electron chi connectivity index (χ1n) is 6.79. The Morgan fingerprint density at radius 1 is 1.40 bits per heavy atom. The average molecular weight is 298 g/mol. The number of carbonyl (C=O) groups excluding carboxylic acids is 1. The molecule has 0 bridgehead atoms. The molecule has 0 heterocycles. The lowest BCUT2D eigenvalue weighted by Gasteiger charge is -2.24. The summed E-state index contributed by atoms with van der Waals surface area (Å²) in [7, 11) is 0. The fraction of sp³-hybridized carbons (Fsp3) is 0.533. The van der Waals surface area contributed by atoms with Crippen LogP contribution in [0, 0.1) is 0 Å². The highest BCUT2D eigenvalue weighted by Gasteiger charge is 2.13. The van der Waals surface area contributed by atoms with Crippen LogP contribution in [-0.2, 0) is 11.3 Å². The van der Waals surface area contributed by atoms with Crippen LogP contribution >= 0.6 is 11.6 Å². The van der Waals surface area contributed by atoms with Gasteiger partial charge in [0.2, 0.25) is 5.91 Å². The van der Waals surface area contributed by atoms with E-state index in [0.717, 1.165) is 17.8 Å². The van der Waals surface area contributed by atoms with Crippen molar-refractivity contribution in [3.63, 3.8) is 0 Å². The van der Waals surface area contributed by atoms with Crippen LogP contribution in [0.4, 0.5) is 5.69 Å². The van der Waals surface area contributed by atoms with E-state index < -0.39 is 0 Å². The summed E-state index contributed by atoms with van der Waals surface area (Å²) in [6.45, 7) is 9.94. The first-order chi connectivity index (χ1) is 9.23. The van der Waals surface area contributed by atoms with Gasteiger partial charge in [0, 0.05) is 18.6 Å². The third-order valence-electron chi connectivity index (χ3n) is 2.90. The quantitative estimate of drug-likeness (QED) is 0.848. The first kappa shape index (κ1) is 16.8. The zero-order valence-electron chi connectivity index (χ0n) is 12.7. The third-order valence-corrected chi connectivity index (χ3v) is 3.21. The number of likely N-dealkylation sites (N-methyl/N-ethyl adjacent to an activating group) is 1. The molecule has 0 aliphatic rings. The van der Waals surface area contributed by atoms with Gasteiger partial charge in [0.15, 0.2) is 0 Å². The van der Waals surface area contributed by atoms with E-state index in [2.05, 4.69) is 26.1 Å². The molecule has 0 aromatic heterocycles.